The number of rotatable bonds is 17. The van der Waals surface area contributed by atoms with E-state index in [-0.39, 0.29) is 22.3 Å². The SMILES string of the molecule is CCCOc1ccc(CSc2ccccc2Cl)nc1/C=C/C(=O)NCCCNC(=O)c1ccc(N/N=C\c2ccccc2S(=O)(=O)O)nc1. The standard InChI is InChI=1S/C34H35ClN6O6S2/c1-2-20-47-29-15-13-26(23-48-30-10-5-4-9-27(30)35)40-28(29)14-17-33(42)36-18-7-19-37-34(43)25-12-16-32(38-21-25)41-39-22-24-8-3-6-11-31(24)49(44,45)46/h3-6,8-17,21-22H,2,7,18-20,23H2,1H3,(H,36,42)(H,37,43)(H,38,41)(H,44,45,46)/b17-14+,39-22-. The van der Waals surface area contributed by atoms with Gasteiger partial charge >= 0.3 is 0 Å². The fourth-order valence-electron chi connectivity index (χ4n) is 4.15. The van der Waals surface area contributed by atoms with Crippen LogP contribution in [0.15, 0.2) is 100.0 Å². The van der Waals surface area contributed by atoms with E-state index >= 15 is 0 Å². The Kier molecular flexibility index (Phi) is 14.1. The summed E-state index contributed by atoms with van der Waals surface area (Å²) >= 11 is 7.85. The molecule has 49 heavy (non-hydrogen) atoms. The monoisotopic (exact) mass is 722 g/mol. The number of ether oxygens (including phenoxy) is 1. The number of carbonyl (C=O) groups excluding carboxylic acids is 2. The maximum atomic E-state index is 12.5. The molecule has 2 aromatic carbocycles. The number of aromatic nitrogens is 2. The zero-order valence-electron chi connectivity index (χ0n) is 26.5. The van der Waals surface area contributed by atoms with Crippen molar-refractivity contribution >= 4 is 63.4 Å². The van der Waals surface area contributed by atoms with Crippen molar-refractivity contribution in [1.82, 2.24) is 20.6 Å². The van der Waals surface area contributed by atoms with Crippen LogP contribution in [-0.4, -0.2) is 60.7 Å². The number of hydrazone groups is 1. The van der Waals surface area contributed by atoms with Crippen molar-refractivity contribution in [2.45, 2.75) is 35.3 Å². The molecule has 0 unspecified atom stereocenters. The van der Waals surface area contributed by atoms with Crippen LogP contribution in [0.25, 0.3) is 6.08 Å². The lowest BCUT2D eigenvalue weighted by Crippen LogP contribution is -2.29. The van der Waals surface area contributed by atoms with E-state index in [4.69, 9.17) is 21.3 Å². The Labute approximate surface area is 294 Å². The lowest BCUT2D eigenvalue weighted by Gasteiger charge is -2.10. The highest BCUT2D eigenvalue weighted by atomic mass is 35.5. The summed E-state index contributed by atoms with van der Waals surface area (Å²) in [6, 6.07) is 20.3. The van der Waals surface area contributed by atoms with Crippen molar-refractivity contribution < 1.29 is 27.3 Å². The molecule has 15 heteroatoms. The van der Waals surface area contributed by atoms with E-state index in [0.717, 1.165) is 17.0 Å². The first-order chi connectivity index (χ1) is 23.6. The van der Waals surface area contributed by atoms with Crippen LogP contribution in [0, 0.1) is 0 Å². The lowest BCUT2D eigenvalue weighted by molar-refractivity contribution is -0.116. The quantitative estimate of drug-likeness (QED) is 0.0259. The number of amides is 2. The molecule has 4 N–H and O–H groups in total. The summed E-state index contributed by atoms with van der Waals surface area (Å²) in [7, 11) is -4.40. The number of hydrogen-bond acceptors (Lipinski definition) is 10. The van der Waals surface area contributed by atoms with Crippen molar-refractivity contribution in [3.8, 4) is 5.75 Å². The fraction of sp³-hybridized carbons (Fsp3) is 0.206. The maximum absolute atomic E-state index is 12.5. The molecule has 2 amide bonds. The van der Waals surface area contributed by atoms with Crippen LogP contribution >= 0.6 is 23.4 Å². The summed E-state index contributed by atoms with van der Waals surface area (Å²) in [5.41, 5.74) is 4.53. The largest absolute Gasteiger partial charge is 0.491 e. The maximum Gasteiger partial charge on any atom is 0.295 e. The molecule has 4 rings (SSSR count). The van der Waals surface area contributed by atoms with Gasteiger partial charge in [-0.3, -0.25) is 19.6 Å². The average Bonchev–Trinajstić information content (AvgIpc) is 3.09. The van der Waals surface area contributed by atoms with Gasteiger partial charge in [0.2, 0.25) is 5.91 Å². The van der Waals surface area contributed by atoms with Crippen LogP contribution in [0.3, 0.4) is 0 Å². The summed E-state index contributed by atoms with van der Waals surface area (Å²) in [5.74, 6) is 0.859. The Morgan fingerprint density at radius 1 is 1.02 bits per heavy atom. The summed E-state index contributed by atoms with van der Waals surface area (Å²) in [5, 5.41) is 10.2. The molecule has 0 bridgehead atoms. The molecule has 0 spiro atoms. The zero-order valence-corrected chi connectivity index (χ0v) is 28.9. The molecule has 0 aliphatic carbocycles. The molecule has 0 aliphatic heterocycles. The summed E-state index contributed by atoms with van der Waals surface area (Å²) in [6.07, 6.45) is 6.96. The lowest BCUT2D eigenvalue weighted by atomic mass is 10.2. The number of pyridine rings is 2. The Morgan fingerprint density at radius 3 is 2.55 bits per heavy atom. The minimum absolute atomic E-state index is 0.189. The number of carbonyl (C=O) groups is 2. The Morgan fingerprint density at radius 2 is 1.80 bits per heavy atom. The van der Waals surface area contributed by atoms with Gasteiger partial charge < -0.3 is 15.4 Å². The van der Waals surface area contributed by atoms with Gasteiger partial charge in [-0.05, 0) is 61.4 Å². The molecule has 0 radical (unpaired) electrons. The number of thioether (sulfide) groups is 1. The smallest absolute Gasteiger partial charge is 0.295 e. The van der Waals surface area contributed by atoms with Gasteiger partial charge in [-0.15, -0.1) is 11.8 Å². The summed E-state index contributed by atoms with van der Waals surface area (Å²) < 4.78 is 38.2. The number of nitrogens with one attached hydrogen (secondary N) is 3. The highest BCUT2D eigenvalue weighted by Crippen LogP contribution is 2.30. The highest BCUT2D eigenvalue weighted by molar-refractivity contribution is 7.98. The van der Waals surface area contributed by atoms with Gasteiger partial charge in [-0.25, -0.2) is 9.97 Å². The topological polar surface area (TPSA) is 172 Å². The van der Waals surface area contributed by atoms with Crippen LogP contribution in [0.5, 0.6) is 5.75 Å². The molecular weight excluding hydrogens is 688 g/mol. The Balaban J connectivity index is 1.21. The fourth-order valence-corrected chi connectivity index (χ4v) is 5.97. The normalized spacial score (nSPS) is 11.5. The van der Waals surface area contributed by atoms with E-state index < -0.39 is 10.1 Å². The Bertz CT molecular complexity index is 1910. The third-order valence-corrected chi connectivity index (χ3v) is 9.03. The van der Waals surface area contributed by atoms with Crippen molar-refractivity contribution in [3.63, 3.8) is 0 Å². The van der Waals surface area contributed by atoms with Gasteiger partial charge in [0.05, 0.1) is 29.1 Å². The van der Waals surface area contributed by atoms with Crippen molar-refractivity contribution in [2.24, 2.45) is 5.10 Å². The molecule has 2 aromatic heterocycles. The van der Waals surface area contributed by atoms with Crippen LogP contribution < -0.4 is 20.8 Å². The van der Waals surface area contributed by atoms with Crippen molar-refractivity contribution in [2.75, 3.05) is 25.1 Å². The van der Waals surface area contributed by atoms with Gasteiger partial charge in [0.25, 0.3) is 16.0 Å². The van der Waals surface area contributed by atoms with E-state index in [1.54, 1.807) is 30.0 Å². The van der Waals surface area contributed by atoms with E-state index in [1.165, 1.54) is 42.8 Å². The number of halogens is 1. The first kappa shape index (κ1) is 37.1. The molecule has 0 atom stereocenters. The zero-order chi connectivity index (χ0) is 35.1. The third kappa shape index (κ3) is 12.0. The van der Waals surface area contributed by atoms with E-state index in [0.29, 0.717) is 59.7 Å². The minimum atomic E-state index is -4.40. The van der Waals surface area contributed by atoms with Crippen LogP contribution in [-0.2, 0) is 20.7 Å². The second kappa shape index (κ2) is 18.7. The van der Waals surface area contributed by atoms with Gasteiger partial charge in [-0.1, -0.05) is 48.9 Å². The molecule has 12 nitrogen and oxygen atoms in total. The van der Waals surface area contributed by atoms with Crippen molar-refractivity contribution in [3.05, 3.63) is 113 Å². The Hall–Kier alpha value is -4.76. The van der Waals surface area contributed by atoms with E-state index in [9.17, 15) is 22.6 Å². The van der Waals surface area contributed by atoms with Gasteiger partial charge in [-0.2, -0.15) is 13.5 Å². The third-order valence-electron chi connectivity index (χ3n) is 6.55. The molecule has 0 aliphatic rings. The van der Waals surface area contributed by atoms with E-state index in [2.05, 4.69) is 26.1 Å². The van der Waals surface area contributed by atoms with Gasteiger partial charge in [0.1, 0.15) is 22.2 Å². The molecule has 0 saturated heterocycles. The molecule has 2 heterocycles. The highest BCUT2D eigenvalue weighted by Gasteiger charge is 2.13. The second-order valence-corrected chi connectivity index (χ2v) is 13.1. The first-order valence-corrected chi connectivity index (χ1v) is 18.0. The first-order valence-electron chi connectivity index (χ1n) is 15.2. The van der Waals surface area contributed by atoms with Crippen LogP contribution in [0.2, 0.25) is 5.02 Å². The molecule has 0 saturated carbocycles. The van der Waals surface area contributed by atoms with Gasteiger partial charge in [0.15, 0.2) is 0 Å². The van der Waals surface area contributed by atoms with E-state index in [1.807, 2.05) is 43.3 Å². The van der Waals surface area contributed by atoms with Gasteiger partial charge in [0, 0.05) is 41.6 Å². The molecular formula is C34H35ClN6O6S2. The van der Waals surface area contributed by atoms with Crippen molar-refractivity contribution in [1.29, 1.82) is 0 Å². The molecule has 256 valence electrons. The predicted molar refractivity (Wildman–Crippen MR) is 192 cm³/mol. The molecule has 0 fully saturated rings. The number of hydrogen-bond donors (Lipinski definition) is 4. The number of benzene rings is 2. The van der Waals surface area contributed by atoms with Crippen LogP contribution in [0.1, 0.15) is 47.1 Å². The average molecular weight is 723 g/mol. The minimum Gasteiger partial charge on any atom is -0.491 e. The predicted octanol–water partition coefficient (Wildman–Crippen LogP) is 5.85. The molecule has 4 aromatic rings. The summed E-state index contributed by atoms with van der Waals surface area (Å²) in [4.78, 5) is 34.5. The van der Waals surface area contributed by atoms with Crippen LogP contribution in [0.4, 0.5) is 5.82 Å². The number of anilines is 1. The summed E-state index contributed by atoms with van der Waals surface area (Å²) in [6.45, 7) is 3.20. The number of nitrogens with zero attached hydrogens (tertiary/aromatic N) is 3. The second-order valence-electron chi connectivity index (χ2n) is 10.3.